The third-order valence-corrected chi connectivity index (χ3v) is 2.68. The maximum atomic E-state index is 11.9. The molecule has 1 atom stereocenters. The number of nitrogens with zero attached hydrogens (tertiary/aromatic N) is 2. The molecular weight excluding hydrogens is 246 g/mol. The fourth-order valence-corrected chi connectivity index (χ4v) is 1.55. The van der Waals surface area contributed by atoms with Crippen molar-refractivity contribution < 1.29 is 14.7 Å². The van der Waals surface area contributed by atoms with Crippen LogP contribution in [-0.4, -0.2) is 39.6 Å². The minimum atomic E-state index is -1.06. The van der Waals surface area contributed by atoms with E-state index in [4.69, 9.17) is 5.11 Å². The Kier molecular flexibility index (Phi) is 5.29. The lowest BCUT2D eigenvalue weighted by Crippen LogP contribution is -2.46. The van der Waals surface area contributed by atoms with Crippen LogP contribution in [-0.2, 0) is 11.3 Å². The van der Waals surface area contributed by atoms with Crippen molar-refractivity contribution in [2.24, 2.45) is 0 Å². The zero-order chi connectivity index (χ0) is 14.4. The van der Waals surface area contributed by atoms with Crippen molar-refractivity contribution in [3.8, 4) is 0 Å². The van der Waals surface area contributed by atoms with E-state index >= 15 is 0 Å². The van der Waals surface area contributed by atoms with Gasteiger partial charge in [-0.25, -0.2) is 4.79 Å². The summed E-state index contributed by atoms with van der Waals surface area (Å²) < 4.78 is 0. The van der Waals surface area contributed by atoms with E-state index in [9.17, 15) is 9.59 Å². The molecule has 0 radical (unpaired) electrons. The molecule has 6 nitrogen and oxygen atoms in total. The molecule has 1 rings (SSSR count). The highest BCUT2D eigenvalue weighted by atomic mass is 16.4. The number of aromatic nitrogens is 1. The van der Waals surface area contributed by atoms with Crippen molar-refractivity contribution in [3.63, 3.8) is 0 Å². The highest BCUT2D eigenvalue weighted by Crippen LogP contribution is 2.04. The monoisotopic (exact) mass is 265 g/mol. The highest BCUT2D eigenvalue weighted by Gasteiger charge is 2.18. The summed E-state index contributed by atoms with van der Waals surface area (Å²) in [6.07, 6.45) is 0. The van der Waals surface area contributed by atoms with E-state index < -0.39 is 18.0 Å². The van der Waals surface area contributed by atoms with Gasteiger partial charge in [0, 0.05) is 12.2 Å². The summed E-state index contributed by atoms with van der Waals surface area (Å²) in [6.45, 7) is 5.98. The molecule has 1 aromatic rings. The van der Waals surface area contributed by atoms with Gasteiger partial charge in [-0.2, -0.15) is 0 Å². The number of pyridine rings is 1. The number of aryl methyl sites for hydroxylation is 1. The third kappa shape index (κ3) is 4.57. The minimum Gasteiger partial charge on any atom is -0.480 e. The number of carbonyl (C=O) groups excluding carboxylic acids is 1. The third-order valence-electron chi connectivity index (χ3n) is 2.68. The van der Waals surface area contributed by atoms with Gasteiger partial charge in [-0.1, -0.05) is 6.07 Å². The largest absolute Gasteiger partial charge is 0.480 e. The first-order valence-corrected chi connectivity index (χ1v) is 6.14. The van der Waals surface area contributed by atoms with Gasteiger partial charge in [0.2, 0.25) is 0 Å². The van der Waals surface area contributed by atoms with E-state index in [1.807, 2.05) is 32.0 Å². The second kappa shape index (κ2) is 6.72. The molecule has 1 aromatic heterocycles. The first-order chi connectivity index (χ1) is 8.93. The summed E-state index contributed by atoms with van der Waals surface area (Å²) in [5, 5.41) is 11.2. The van der Waals surface area contributed by atoms with Crippen LogP contribution >= 0.6 is 0 Å². The van der Waals surface area contributed by atoms with Crippen molar-refractivity contribution in [2.45, 2.75) is 33.4 Å². The van der Waals surface area contributed by atoms with Gasteiger partial charge < -0.3 is 15.3 Å². The van der Waals surface area contributed by atoms with Gasteiger partial charge in [0.15, 0.2) is 0 Å². The SMILES string of the molecule is CCN(Cc1cccc(C)n1)C(=O)N[C@H](C)C(=O)O. The number of rotatable bonds is 5. The molecule has 2 amide bonds. The Morgan fingerprint density at radius 3 is 2.68 bits per heavy atom. The van der Waals surface area contributed by atoms with E-state index in [0.29, 0.717) is 13.1 Å². The van der Waals surface area contributed by atoms with Gasteiger partial charge in [0.25, 0.3) is 0 Å². The van der Waals surface area contributed by atoms with Gasteiger partial charge in [0.05, 0.1) is 12.2 Å². The number of amides is 2. The fraction of sp³-hybridized carbons (Fsp3) is 0.462. The van der Waals surface area contributed by atoms with Crippen LogP contribution in [0.1, 0.15) is 25.2 Å². The lowest BCUT2D eigenvalue weighted by atomic mass is 10.3. The topological polar surface area (TPSA) is 82.5 Å². The average molecular weight is 265 g/mol. The number of carbonyl (C=O) groups is 2. The maximum absolute atomic E-state index is 11.9. The van der Waals surface area contributed by atoms with Gasteiger partial charge in [-0.15, -0.1) is 0 Å². The molecule has 0 fully saturated rings. The number of hydrogen-bond donors (Lipinski definition) is 2. The van der Waals surface area contributed by atoms with E-state index in [-0.39, 0.29) is 0 Å². The van der Waals surface area contributed by atoms with Gasteiger partial charge in [0.1, 0.15) is 6.04 Å². The summed E-state index contributed by atoms with van der Waals surface area (Å²) in [7, 11) is 0. The molecular formula is C13H19N3O3. The van der Waals surface area contributed by atoms with E-state index in [0.717, 1.165) is 11.4 Å². The molecule has 2 N–H and O–H groups in total. The normalized spacial score (nSPS) is 11.7. The predicted octanol–water partition coefficient (Wildman–Crippen LogP) is 1.39. The summed E-state index contributed by atoms with van der Waals surface area (Å²) in [6, 6.07) is 4.28. The summed E-state index contributed by atoms with van der Waals surface area (Å²) in [4.78, 5) is 28.4. The van der Waals surface area contributed by atoms with Gasteiger partial charge >= 0.3 is 12.0 Å². The molecule has 0 unspecified atom stereocenters. The molecule has 0 saturated carbocycles. The smallest absolute Gasteiger partial charge is 0.325 e. The Morgan fingerprint density at radius 2 is 2.16 bits per heavy atom. The fourth-order valence-electron chi connectivity index (χ4n) is 1.55. The van der Waals surface area contributed by atoms with Crippen LogP contribution in [0.15, 0.2) is 18.2 Å². The first kappa shape index (κ1) is 14.9. The minimum absolute atomic E-state index is 0.357. The Morgan fingerprint density at radius 1 is 1.47 bits per heavy atom. The van der Waals surface area contributed by atoms with Crippen molar-refractivity contribution in [1.82, 2.24) is 15.2 Å². The van der Waals surface area contributed by atoms with Crippen molar-refractivity contribution >= 4 is 12.0 Å². The molecule has 0 aromatic carbocycles. The van der Waals surface area contributed by atoms with Crippen LogP contribution in [0.25, 0.3) is 0 Å². The zero-order valence-corrected chi connectivity index (χ0v) is 11.4. The number of carboxylic acids is 1. The van der Waals surface area contributed by atoms with Gasteiger partial charge in [-0.3, -0.25) is 9.78 Å². The molecule has 0 aliphatic carbocycles. The van der Waals surface area contributed by atoms with Crippen LogP contribution in [0.2, 0.25) is 0 Å². The quantitative estimate of drug-likeness (QED) is 0.843. The molecule has 0 saturated heterocycles. The van der Waals surface area contributed by atoms with Crippen LogP contribution < -0.4 is 5.32 Å². The van der Waals surface area contributed by atoms with E-state index in [1.54, 1.807) is 0 Å². The predicted molar refractivity (Wildman–Crippen MR) is 70.7 cm³/mol. The lowest BCUT2D eigenvalue weighted by Gasteiger charge is -2.22. The Balaban J connectivity index is 2.67. The number of carboxylic acid groups (broad SMARTS) is 1. The van der Waals surface area contributed by atoms with Crippen LogP contribution in [0.3, 0.4) is 0 Å². The highest BCUT2D eigenvalue weighted by molar-refractivity contribution is 5.82. The summed E-state index contributed by atoms with van der Waals surface area (Å²) >= 11 is 0. The Labute approximate surface area is 112 Å². The number of aliphatic carboxylic acids is 1. The molecule has 6 heteroatoms. The van der Waals surface area contributed by atoms with E-state index in [2.05, 4.69) is 10.3 Å². The van der Waals surface area contributed by atoms with Crippen molar-refractivity contribution in [2.75, 3.05) is 6.54 Å². The van der Waals surface area contributed by atoms with Gasteiger partial charge in [-0.05, 0) is 32.9 Å². The second-order valence-electron chi connectivity index (χ2n) is 4.29. The Hall–Kier alpha value is -2.11. The van der Waals surface area contributed by atoms with Crippen LogP contribution in [0.4, 0.5) is 4.79 Å². The number of urea groups is 1. The molecule has 0 bridgehead atoms. The molecule has 19 heavy (non-hydrogen) atoms. The molecule has 104 valence electrons. The van der Waals surface area contributed by atoms with Crippen LogP contribution in [0, 0.1) is 6.92 Å². The number of hydrogen-bond acceptors (Lipinski definition) is 3. The Bertz CT molecular complexity index is 462. The second-order valence-corrected chi connectivity index (χ2v) is 4.29. The lowest BCUT2D eigenvalue weighted by molar-refractivity contribution is -0.138. The standard InChI is InChI=1S/C13H19N3O3/c1-4-16(13(19)15-10(3)12(17)18)8-11-7-5-6-9(2)14-11/h5-7,10H,4,8H2,1-3H3,(H,15,19)(H,17,18)/t10-/m1/s1. The molecule has 1 heterocycles. The van der Waals surface area contributed by atoms with Crippen molar-refractivity contribution in [3.05, 3.63) is 29.6 Å². The maximum Gasteiger partial charge on any atom is 0.325 e. The molecule has 0 aliphatic heterocycles. The van der Waals surface area contributed by atoms with E-state index in [1.165, 1.54) is 11.8 Å². The first-order valence-electron chi connectivity index (χ1n) is 6.14. The summed E-state index contributed by atoms with van der Waals surface area (Å²) in [5.74, 6) is -1.06. The molecule has 0 spiro atoms. The van der Waals surface area contributed by atoms with Crippen molar-refractivity contribution in [1.29, 1.82) is 0 Å². The van der Waals surface area contributed by atoms with Crippen LogP contribution in [0.5, 0.6) is 0 Å². The molecule has 0 aliphatic rings. The average Bonchev–Trinajstić information content (AvgIpc) is 2.35. The summed E-state index contributed by atoms with van der Waals surface area (Å²) in [5.41, 5.74) is 1.66. The number of nitrogens with one attached hydrogen (secondary N) is 1. The zero-order valence-electron chi connectivity index (χ0n) is 11.4.